The summed E-state index contributed by atoms with van der Waals surface area (Å²) in [6.07, 6.45) is 1.07. The molecular formula is C16H13. The standard InChI is InChI=1S/C16H13/c1-2-14-15-9-5-3-7-12(15)11-13-8-4-6-10-16(13)14/h3-7,9-11H,2H2,1H3. The van der Waals surface area contributed by atoms with Gasteiger partial charge in [0.2, 0.25) is 0 Å². The quantitative estimate of drug-likeness (QED) is 0.518. The zero-order valence-corrected chi connectivity index (χ0v) is 9.33. The molecule has 0 saturated carbocycles. The Kier molecular flexibility index (Phi) is 2.14. The van der Waals surface area contributed by atoms with Crippen LogP contribution in [-0.2, 0) is 6.42 Å². The fraction of sp³-hybridized carbons (Fsp3) is 0.125. The van der Waals surface area contributed by atoms with Crippen molar-refractivity contribution in [3.8, 4) is 0 Å². The Hall–Kier alpha value is -1.82. The number of aryl methyl sites for hydroxylation is 1. The van der Waals surface area contributed by atoms with Crippen LogP contribution in [0.25, 0.3) is 21.5 Å². The summed E-state index contributed by atoms with van der Waals surface area (Å²) in [4.78, 5) is 0. The highest BCUT2D eigenvalue weighted by molar-refractivity contribution is 6.01. The summed E-state index contributed by atoms with van der Waals surface area (Å²) >= 11 is 0. The number of fused-ring (bicyclic) bond motifs is 2. The Morgan fingerprint density at radius 2 is 1.81 bits per heavy atom. The Balaban J connectivity index is 2.56. The maximum atomic E-state index is 3.32. The number of hydrogen-bond donors (Lipinski definition) is 0. The molecule has 0 atom stereocenters. The summed E-state index contributed by atoms with van der Waals surface area (Å²) in [5, 5.41) is 5.24. The minimum atomic E-state index is 1.07. The van der Waals surface area contributed by atoms with Crippen LogP contribution in [0.3, 0.4) is 0 Å². The fourth-order valence-electron chi connectivity index (χ4n) is 2.41. The van der Waals surface area contributed by atoms with Crippen LogP contribution in [0, 0.1) is 6.07 Å². The van der Waals surface area contributed by atoms with E-state index in [1.54, 1.807) is 0 Å². The van der Waals surface area contributed by atoms with Crippen LogP contribution < -0.4 is 0 Å². The second kappa shape index (κ2) is 3.64. The molecular weight excluding hydrogens is 192 g/mol. The Morgan fingerprint density at radius 3 is 2.69 bits per heavy atom. The topological polar surface area (TPSA) is 0 Å². The van der Waals surface area contributed by atoms with Crippen molar-refractivity contribution in [1.82, 2.24) is 0 Å². The zero-order chi connectivity index (χ0) is 11.0. The first kappa shape index (κ1) is 9.41. The average molecular weight is 205 g/mol. The summed E-state index contributed by atoms with van der Waals surface area (Å²) < 4.78 is 0. The number of hydrogen-bond acceptors (Lipinski definition) is 0. The number of rotatable bonds is 1. The third-order valence-corrected chi connectivity index (χ3v) is 3.15. The second-order valence-corrected chi connectivity index (χ2v) is 4.06. The van der Waals surface area contributed by atoms with Gasteiger partial charge in [0.1, 0.15) is 0 Å². The van der Waals surface area contributed by atoms with Crippen molar-refractivity contribution in [2.45, 2.75) is 13.3 Å². The minimum absolute atomic E-state index is 1.07. The molecule has 0 fully saturated rings. The SMILES string of the molecule is CCc1c2ccc[c]c2cc2ccccc12. The molecule has 3 rings (SSSR count). The molecule has 0 saturated heterocycles. The summed E-state index contributed by atoms with van der Waals surface area (Å²) in [5.74, 6) is 0. The molecule has 3 aromatic carbocycles. The monoisotopic (exact) mass is 205 g/mol. The molecule has 0 aliphatic carbocycles. The van der Waals surface area contributed by atoms with Crippen LogP contribution in [0.2, 0.25) is 0 Å². The van der Waals surface area contributed by atoms with Gasteiger partial charge in [-0.05, 0) is 45.7 Å². The molecule has 0 nitrogen and oxygen atoms in total. The molecule has 77 valence electrons. The Morgan fingerprint density at radius 1 is 1.00 bits per heavy atom. The van der Waals surface area contributed by atoms with Gasteiger partial charge in [-0.1, -0.05) is 49.4 Å². The summed E-state index contributed by atoms with van der Waals surface area (Å²) in [6, 6.07) is 20.4. The summed E-state index contributed by atoms with van der Waals surface area (Å²) in [5.41, 5.74) is 1.44. The summed E-state index contributed by atoms with van der Waals surface area (Å²) in [7, 11) is 0. The highest BCUT2D eigenvalue weighted by atomic mass is 14.1. The lowest BCUT2D eigenvalue weighted by molar-refractivity contribution is 1.18. The van der Waals surface area contributed by atoms with Crippen LogP contribution in [-0.4, -0.2) is 0 Å². The van der Waals surface area contributed by atoms with Crippen molar-refractivity contribution in [2.24, 2.45) is 0 Å². The lowest BCUT2D eigenvalue weighted by Crippen LogP contribution is -1.87. The lowest BCUT2D eigenvalue weighted by Gasteiger charge is -2.09. The molecule has 16 heavy (non-hydrogen) atoms. The van der Waals surface area contributed by atoms with Gasteiger partial charge in [0.25, 0.3) is 0 Å². The molecule has 0 spiro atoms. The van der Waals surface area contributed by atoms with E-state index < -0.39 is 0 Å². The third-order valence-electron chi connectivity index (χ3n) is 3.15. The molecule has 0 aliphatic heterocycles. The highest BCUT2D eigenvalue weighted by Crippen LogP contribution is 2.28. The van der Waals surface area contributed by atoms with E-state index >= 15 is 0 Å². The predicted octanol–water partition coefficient (Wildman–Crippen LogP) is 4.36. The summed E-state index contributed by atoms with van der Waals surface area (Å²) in [6.45, 7) is 2.22. The molecule has 0 heterocycles. The maximum absolute atomic E-state index is 3.32. The zero-order valence-electron chi connectivity index (χ0n) is 9.33. The Bertz CT molecular complexity index is 596. The van der Waals surface area contributed by atoms with E-state index in [0.29, 0.717) is 0 Å². The molecule has 0 unspecified atom stereocenters. The average Bonchev–Trinajstić information content (AvgIpc) is 2.36. The van der Waals surface area contributed by atoms with Gasteiger partial charge < -0.3 is 0 Å². The van der Waals surface area contributed by atoms with Crippen LogP contribution in [0.1, 0.15) is 12.5 Å². The van der Waals surface area contributed by atoms with Gasteiger partial charge in [-0.2, -0.15) is 0 Å². The molecule has 0 aromatic heterocycles. The maximum Gasteiger partial charge on any atom is -0.00960 e. The van der Waals surface area contributed by atoms with Gasteiger partial charge in [0, 0.05) is 0 Å². The number of benzene rings is 3. The van der Waals surface area contributed by atoms with Gasteiger partial charge in [0.05, 0.1) is 0 Å². The van der Waals surface area contributed by atoms with Gasteiger partial charge in [-0.15, -0.1) is 0 Å². The van der Waals surface area contributed by atoms with E-state index in [0.717, 1.165) is 6.42 Å². The molecule has 0 aliphatic rings. The molecule has 3 aromatic rings. The first-order valence-corrected chi connectivity index (χ1v) is 5.71. The van der Waals surface area contributed by atoms with Crippen molar-refractivity contribution < 1.29 is 0 Å². The first-order chi connectivity index (χ1) is 7.90. The molecule has 0 N–H and O–H groups in total. The molecule has 0 bridgehead atoms. The van der Waals surface area contributed by atoms with Gasteiger partial charge in [-0.25, -0.2) is 0 Å². The second-order valence-electron chi connectivity index (χ2n) is 4.06. The largest absolute Gasteiger partial charge is 0.0616 e. The van der Waals surface area contributed by atoms with Gasteiger partial charge in [0.15, 0.2) is 0 Å². The van der Waals surface area contributed by atoms with E-state index in [2.05, 4.69) is 55.5 Å². The van der Waals surface area contributed by atoms with Crippen molar-refractivity contribution in [3.63, 3.8) is 0 Å². The fourth-order valence-corrected chi connectivity index (χ4v) is 2.41. The van der Waals surface area contributed by atoms with Crippen molar-refractivity contribution in [3.05, 3.63) is 60.2 Å². The minimum Gasteiger partial charge on any atom is -0.0616 e. The van der Waals surface area contributed by atoms with Crippen LogP contribution in [0.5, 0.6) is 0 Å². The van der Waals surface area contributed by atoms with Crippen LogP contribution in [0.15, 0.2) is 48.5 Å². The molecule has 0 heteroatoms. The van der Waals surface area contributed by atoms with E-state index in [1.807, 2.05) is 6.07 Å². The Labute approximate surface area is 95.5 Å². The van der Waals surface area contributed by atoms with E-state index in [-0.39, 0.29) is 0 Å². The first-order valence-electron chi connectivity index (χ1n) is 5.71. The van der Waals surface area contributed by atoms with Crippen molar-refractivity contribution in [2.75, 3.05) is 0 Å². The van der Waals surface area contributed by atoms with Crippen molar-refractivity contribution >= 4 is 21.5 Å². The van der Waals surface area contributed by atoms with Crippen LogP contribution in [0.4, 0.5) is 0 Å². The predicted molar refractivity (Wildman–Crippen MR) is 69.7 cm³/mol. The van der Waals surface area contributed by atoms with E-state index in [9.17, 15) is 0 Å². The highest BCUT2D eigenvalue weighted by Gasteiger charge is 2.04. The normalized spacial score (nSPS) is 11.1. The van der Waals surface area contributed by atoms with E-state index in [1.165, 1.54) is 27.1 Å². The third kappa shape index (κ3) is 1.30. The van der Waals surface area contributed by atoms with Gasteiger partial charge >= 0.3 is 0 Å². The molecule has 1 radical (unpaired) electrons. The lowest BCUT2D eigenvalue weighted by atomic mass is 9.95. The smallest absolute Gasteiger partial charge is 0.00960 e. The van der Waals surface area contributed by atoms with E-state index in [4.69, 9.17) is 0 Å². The van der Waals surface area contributed by atoms with Crippen molar-refractivity contribution in [1.29, 1.82) is 0 Å². The van der Waals surface area contributed by atoms with Crippen LogP contribution >= 0.6 is 0 Å². The van der Waals surface area contributed by atoms with Gasteiger partial charge in [-0.3, -0.25) is 0 Å². The molecule has 0 amide bonds.